The van der Waals surface area contributed by atoms with Crippen molar-refractivity contribution in [3.05, 3.63) is 88.4 Å². The Morgan fingerprint density at radius 1 is 1.14 bits per heavy atom. The molecule has 2 amide bonds. The summed E-state index contributed by atoms with van der Waals surface area (Å²) in [6.45, 7) is 4.05. The van der Waals surface area contributed by atoms with Gasteiger partial charge in [-0.05, 0) is 52.9 Å². The number of hydrogen-bond donors (Lipinski definition) is 2. The van der Waals surface area contributed by atoms with Crippen molar-refractivity contribution in [3.8, 4) is 0 Å². The quantitative estimate of drug-likeness (QED) is 0.358. The molecule has 4 aromatic rings. The number of amides is 2. The number of urea groups is 1. The van der Waals surface area contributed by atoms with Gasteiger partial charge < -0.3 is 15.5 Å². The summed E-state index contributed by atoms with van der Waals surface area (Å²) in [7, 11) is 0. The molecule has 35 heavy (non-hydrogen) atoms. The number of nitrogens with one attached hydrogen (secondary N) is 2. The fraction of sp³-hybridized carbons (Fsp3) is 0.308. The van der Waals surface area contributed by atoms with Crippen LogP contribution < -0.4 is 10.6 Å². The van der Waals surface area contributed by atoms with Gasteiger partial charge >= 0.3 is 6.03 Å². The zero-order valence-electron chi connectivity index (χ0n) is 19.6. The van der Waals surface area contributed by atoms with Crippen molar-refractivity contribution in [1.29, 1.82) is 0 Å². The molecule has 1 aliphatic heterocycles. The van der Waals surface area contributed by atoms with Crippen LogP contribution >= 0.6 is 15.9 Å². The Morgan fingerprint density at radius 2 is 1.94 bits per heavy atom. The molecule has 4 heterocycles. The molecule has 0 spiro atoms. The molecular formula is C26H28BrN7O. The molecule has 1 atom stereocenters. The molecule has 1 saturated heterocycles. The standard InChI is InChI=1S/C26H28BrN7O/c1-18(20-7-3-2-4-8-20)31-26(35)33-12-9-21(10-13-33)23-14-24(29-16-19-6-5-11-28-15-19)34-25(32-23)22(27)17-30-34/h2-8,11,14-15,17-18,21,29H,9-10,12-13,16H2,1H3,(H,31,35)/t18-/m1/s1. The number of pyridine rings is 1. The third kappa shape index (κ3) is 5.30. The van der Waals surface area contributed by atoms with Gasteiger partial charge in [-0.25, -0.2) is 9.78 Å². The summed E-state index contributed by atoms with van der Waals surface area (Å²) in [5.41, 5.74) is 4.00. The highest BCUT2D eigenvalue weighted by atomic mass is 79.9. The first-order valence-electron chi connectivity index (χ1n) is 11.9. The Bertz CT molecular complexity index is 1290. The number of rotatable bonds is 6. The molecule has 180 valence electrons. The van der Waals surface area contributed by atoms with E-state index in [9.17, 15) is 4.79 Å². The summed E-state index contributed by atoms with van der Waals surface area (Å²) in [5, 5.41) is 11.1. The van der Waals surface area contributed by atoms with Crippen LogP contribution in [0.2, 0.25) is 0 Å². The third-order valence-corrected chi connectivity index (χ3v) is 7.04. The number of nitrogens with zero attached hydrogens (tertiary/aromatic N) is 5. The molecule has 2 N–H and O–H groups in total. The van der Waals surface area contributed by atoms with E-state index in [1.165, 1.54) is 0 Å². The smallest absolute Gasteiger partial charge is 0.317 e. The second-order valence-corrected chi connectivity index (χ2v) is 9.71. The fourth-order valence-electron chi connectivity index (χ4n) is 4.47. The second kappa shape index (κ2) is 10.4. The van der Waals surface area contributed by atoms with Crippen LogP contribution in [-0.4, -0.2) is 43.6 Å². The van der Waals surface area contributed by atoms with Gasteiger partial charge in [0.15, 0.2) is 5.65 Å². The molecule has 0 bridgehead atoms. The molecule has 0 aliphatic carbocycles. The number of benzene rings is 1. The van der Waals surface area contributed by atoms with Crippen LogP contribution in [0.25, 0.3) is 5.65 Å². The zero-order chi connectivity index (χ0) is 24.2. The predicted molar refractivity (Wildman–Crippen MR) is 139 cm³/mol. The summed E-state index contributed by atoms with van der Waals surface area (Å²) in [4.78, 5) is 23.9. The molecule has 5 rings (SSSR count). The largest absolute Gasteiger partial charge is 0.366 e. The molecule has 9 heteroatoms. The average molecular weight is 534 g/mol. The van der Waals surface area contributed by atoms with Crippen LogP contribution in [0, 0.1) is 0 Å². The zero-order valence-corrected chi connectivity index (χ0v) is 21.1. The van der Waals surface area contributed by atoms with Gasteiger partial charge in [0, 0.05) is 49.7 Å². The van der Waals surface area contributed by atoms with Crippen LogP contribution in [0.1, 0.15) is 48.5 Å². The lowest BCUT2D eigenvalue weighted by molar-refractivity contribution is 0.178. The van der Waals surface area contributed by atoms with E-state index in [4.69, 9.17) is 4.98 Å². The molecule has 0 saturated carbocycles. The first-order chi connectivity index (χ1) is 17.1. The average Bonchev–Trinajstić information content (AvgIpc) is 3.29. The predicted octanol–water partition coefficient (Wildman–Crippen LogP) is 5.15. The van der Waals surface area contributed by atoms with E-state index in [-0.39, 0.29) is 18.0 Å². The van der Waals surface area contributed by atoms with Crippen LogP contribution in [0.3, 0.4) is 0 Å². The van der Waals surface area contributed by atoms with Gasteiger partial charge in [-0.2, -0.15) is 9.61 Å². The number of halogens is 1. The number of fused-ring (bicyclic) bond motifs is 1. The minimum atomic E-state index is -0.0295. The van der Waals surface area contributed by atoms with Gasteiger partial charge in [0.1, 0.15) is 5.82 Å². The van der Waals surface area contributed by atoms with Crippen molar-refractivity contribution in [3.63, 3.8) is 0 Å². The van der Waals surface area contributed by atoms with E-state index in [2.05, 4.69) is 42.7 Å². The minimum absolute atomic E-state index is 0.0134. The van der Waals surface area contributed by atoms with Crippen molar-refractivity contribution in [2.45, 2.75) is 38.3 Å². The summed E-state index contributed by atoms with van der Waals surface area (Å²) >= 11 is 3.58. The Morgan fingerprint density at radius 3 is 2.69 bits per heavy atom. The Balaban J connectivity index is 1.26. The fourth-order valence-corrected chi connectivity index (χ4v) is 4.81. The van der Waals surface area contributed by atoms with Crippen molar-refractivity contribution >= 4 is 33.4 Å². The molecule has 8 nitrogen and oxygen atoms in total. The molecule has 0 unspecified atom stereocenters. The van der Waals surface area contributed by atoms with Crippen LogP contribution in [0.5, 0.6) is 0 Å². The monoisotopic (exact) mass is 533 g/mol. The van der Waals surface area contributed by atoms with E-state index < -0.39 is 0 Å². The summed E-state index contributed by atoms with van der Waals surface area (Å²) < 4.78 is 2.67. The van der Waals surface area contributed by atoms with E-state index in [0.29, 0.717) is 19.6 Å². The number of carbonyl (C=O) groups excluding carboxylic acids is 1. The van der Waals surface area contributed by atoms with Crippen LogP contribution in [0.15, 0.2) is 71.6 Å². The van der Waals surface area contributed by atoms with Crippen LogP contribution in [0.4, 0.5) is 10.6 Å². The number of aromatic nitrogens is 4. The number of hydrogen-bond acceptors (Lipinski definition) is 5. The van der Waals surface area contributed by atoms with E-state index in [1.54, 1.807) is 12.4 Å². The SMILES string of the molecule is C[C@@H](NC(=O)N1CCC(c2cc(NCc3cccnc3)n3ncc(Br)c3n2)CC1)c1ccccc1. The molecule has 3 aromatic heterocycles. The maximum absolute atomic E-state index is 12.9. The lowest BCUT2D eigenvalue weighted by atomic mass is 9.93. The van der Waals surface area contributed by atoms with E-state index in [0.717, 1.165) is 45.6 Å². The highest BCUT2D eigenvalue weighted by Crippen LogP contribution is 2.31. The van der Waals surface area contributed by atoms with Crippen LogP contribution in [-0.2, 0) is 6.54 Å². The van der Waals surface area contributed by atoms with Crippen molar-refractivity contribution in [1.82, 2.24) is 29.8 Å². The normalized spacial score (nSPS) is 15.2. The van der Waals surface area contributed by atoms with Gasteiger partial charge in [0.25, 0.3) is 0 Å². The van der Waals surface area contributed by atoms with Gasteiger partial charge in [0.2, 0.25) is 0 Å². The highest BCUT2D eigenvalue weighted by Gasteiger charge is 2.26. The summed E-state index contributed by atoms with van der Waals surface area (Å²) in [6.07, 6.45) is 7.12. The van der Waals surface area contributed by atoms with Crippen molar-refractivity contribution in [2.24, 2.45) is 0 Å². The number of anilines is 1. The first-order valence-corrected chi connectivity index (χ1v) is 12.6. The molecular weight excluding hydrogens is 506 g/mol. The third-order valence-electron chi connectivity index (χ3n) is 6.49. The van der Waals surface area contributed by atoms with E-state index in [1.807, 2.05) is 65.0 Å². The topological polar surface area (TPSA) is 87.5 Å². The van der Waals surface area contributed by atoms with Crippen molar-refractivity contribution in [2.75, 3.05) is 18.4 Å². The Kier molecular flexibility index (Phi) is 6.94. The summed E-state index contributed by atoms with van der Waals surface area (Å²) in [6, 6.07) is 16.0. The lowest BCUT2D eigenvalue weighted by Gasteiger charge is -2.33. The summed E-state index contributed by atoms with van der Waals surface area (Å²) in [5.74, 6) is 1.16. The number of piperidine rings is 1. The Labute approximate surface area is 212 Å². The van der Waals surface area contributed by atoms with Gasteiger partial charge in [0.05, 0.1) is 16.7 Å². The second-order valence-electron chi connectivity index (χ2n) is 8.85. The Hall–Kier alpha value is -3.46. The number of carbonyl (C=O) groups is 1. The maximum Gasteiger partial charge on any atom is 0.317 e. The first kappa shape index (κ1) is 23.3. The highest BCUT2D eigenvalue weighted by molar-refractivity contribution is 9.10. The van der Waals surface area contributed by atoms with E-state index >= 15 is 0 Å². The molecule has 1 aromatic carbocycles. The molecule has 1 aliphatic rings. The van der Waals surface area contributed by atoms with Gasteiger partial charge in [-0.3, -0.25) is 4.98 Å². The minimum Gasteiger partial charge on any atom is -0.366 e. The lowest BCUT2D eigenvalue weighted by Crippen LogP contribution is -2.44. The van der Waals surface area contributed by atoms with Gasteiger partial charge in [-0.15, -0.1) is 0 Å². The maximum atomic E-state index is 12.9. The van der Waals surface area contributed by atoms with Gasteiger partial charge in [-0.1, -0.05) is 36.4 Å². The number of likely N-dealkylation sites (tertiary alicyclic amines) is 1. The van der Waals surface area contributed by atoms with Crippen molar-refractivity contribution < 1.29 is 4.79 Å². The molecule has 1 fully saturated rings. The molecule has 0 radical (unpaired) electrons.